The second-order valence-electron chi connectivity index (χ2n) is 4.62. The zero-order chi connectivity index (χ0) is 11.3. The van der Waals surface area contributed by atoms with Crippen molar-refractivity contribution in [1.82, 2.24) is 5.32 Å². The van der Waals surface area contributed by atoms with Gasteiger partial charge in [0.15, 0.2) is 0 Å². The molecule has 1 aliphatic rings. The molecule has 0 aliphatic heterocycles. The third kappa shape index (κ3) is 2.94. The highest BCUT2D eigenvalue weighted by atomic mass is 16.4. The summed E-state index contributed by atoms with van der Waals surface area (Å²) in [5.74, 6) is -0.682. The van der Waals surface area contributed by atoms with Gasteiger partial charge in [-0.1, -0.05) is 33.1 Å². The van der Waals surface area contributed by atoms with Crippen molar-refractivity contribution in [2.24, 2.45) is 0 Å². The Labute approximate surface area is 92.3 Å². The third-order valence-corrected chi connectivity index (χ3v) is 3.53. The zero-order valence-electron chi connectivity index (χ0n) is 9.88. The normalized spacial score (nSPS) is 21.5. The van der Waals surface area contributed by atoms with E-state index in [1.54, 1.807) is 0 Å². The van der Waals surface area contributed by atoms with Gasteiger partial charge in [0.1, 0.15) is 5.54 Å². The molecule has 2 N–H and O–H groups in total. The summed E-state index contributed by atoms with van der Waals surface area (Å²) in [4.78, 5) is 11.4. The summed E-state index contributed by atoms with van der Waals surface area (Å²) in [6.45, 7) is 4.01. The molecule has 3 heteroatoms. The van der Waals surface area contributed by atoms with Crippen LogP contribution in [0.3, 0.4) is 0 Å². The van der Waals surface area contributed by atoms with E-state index < -0.39 is 11.5 Å². The molecule has 1 saturated carbocycles. The summed E-state index contributed by atoms with van der Waals surface area (Å²) in [5, 5.41) is 12.7. The first-order chi connectivity index (χ1) is 7.14. The van der Waals surface area contributed by atoms with Gasteiger partial charge in [-0.05, 0) is 25.7 Å². The Balaban J connectivity index is 2.64. The van der Waals surface area contributed by atoms with Crippen LogP contribution in [0.4, 0.5) is 0 Å². The minimum atomic E-state index is -0.682. The predicted molar refractivity (Wildman–Crippen MR) is 61.0 cm³/mol. The molecule has 1 rings (SSSR count). The van der Waals surface area contributed by atoms with Gasteiger partial charge in [0.2, 0.25) is 0 Å². The lowest BCUT2D eigenvalue weighted by Gasteiger charge is -2.32. The fraction of sp³-hybridized carbons (Fsp3) is 0.917. The van der Waals surface area contributed by atoms with Crippen LogP contribution in [-0.4, -0.2) is 22.7 Å². The fourth-order valence-electron chi connectivity index (χ4n) is 2.56. The van der Waals surface area contributed by atoms with E-state index in [0.29, 0.717) is 12.5 Å². The maximum Gasteiger partial charge on any atom is 0.323 e. The Bertz CT molecular complexity index is 212. The molecule has 0 saturated heterocycles. The van der Waals surface area contributed by atoms with Crippen molar-refractivity contribution in [2.75, 3.05) is 0 Å². The van der Waals surface area contributed by atoms with Gasteiger partial charge in [-0.2, -0.15) is 0 Å². The molecule has 0 radical (unpaired) electrons. The Morgan fingerprint density at radius 1 is 1.40 bits per heavy atom. The monoisotopic (exact) mass is 213 g/mol. The van der Waals surface area contributed by atoms with Gasteiger partial charge in [-0.15, -0.1) is 0 Å². The smallest absolute Gasteiger partial charge is 0.323 e. The van der Waals surface area contributed by atoms with Gasteiger partial charge in [0, 0.05) is 6.04 Å². The van der Waals surface area contributed by atoms with Gasteiger partial charge in [0.05, 0.1) is 0 Å². The van der Waals surface area contributed by atoms with E-state index in [2.05, 4.69) is 5.32 Å². The topological polar surface area (TPSA) is 49.3 Å². The minimum Gasteiger partial charge on any atom is -0.480 e. The number of hydrogen-bond donors (Lipinski definition) is 2. The number of nitrogens with one attached hydrogen (secondary N) is 1. The lowest BCUT2D eigenvalue weighted by atomic mass is 9.89. The van der Waals surface area contributed by atoms with Crippen LogP contribution in [0.2, 0.25) is 0 Å². The molecule has 1 unspecified atom stereocenters. The quantitative estimate of drug-likeness (QED) is 0.713. The predicted octanol–water partition coefficient (Wildman–Crippen LogP) is 2.55. The molecule has 3 nitrogen and oxygen atoms in total. The van der Waals surface area contributed by atoms with Crippen molar-refractivity contribution in [1.29, 1.82) is 0 Å². The summed E-state index contributed by atoms with van der Waals surface area (Å²) in [7, 11) is 0. The number of rotatable bonds is 6. The average Bonchev–Trinajstić information content (AvgIpc) is 2.69. The van der Waals surface area contributed by atoms with E-state index in [0.717, 1.165) is 25.7 Å². The number of aliphatic carboxylic acids is 1. The summed E-state index contributed by atoms with van der Waals surface area (Å²) in [5.41, 5.74) is -0.677. The van der Waals surface area contributed by atoms with Crippen molar-refractivity contribution >= 4 is 5.97 Å². The third-order valence-electron chi connectivity index (χ3n) is 3.53. The number of carboxylic acids is 1. The molecular weight excluding hydrogens is 190 g/mol. The first kappa shape index (κ1) is 12.5. The van der Waals surface area contributed by atoms with Crippen LogP contribution >= 0.6 is 0 Å². The average molecular weight is 213 g/mol. The Hall–Kier alpha value is -0.570. The van der Waals surface area contributed by atoms with Crippen molar-refractivity contribution in [3.63, 3.8) is 0 Å². The van der Waals surface area contributed by atoms with E-state index in [-0.39, 0.29) is 0 Å². The summed E-state index contributed by atoms with van der Waals surface area (Å²) < 4.78 is 0. The first-order valence-corrected chi connectivity index (χ1v) is 6.15. The molecule has 0 bridgehead atoms. The fourth-order valence-corrected chi connectivity index (χ4v) is 2.56. The van der Waals surface area contributed by atoms with Crippen molar-refractivity contribution in [3.05, 3.63) is 0 Å². The van der Waals surface area contributed by atoms with Crippen LogP contribution in [0.15, 0.2) is 0 Å². The van der Waals surface area contributed by atoms with Crippen LogP contribution in [-0.2, 0) is 4.79 Å². The molecule has 0 spiro atoms. The van der Waals surface area contributed by atoms with Gasteiger partial charge >= 0.3 is 5.97 Å². The van der Waals surface area contributed by atoms with E-state index in [9.17, 15) is 9.90 Å². The van der Waals surface area contributed by atoms with E-state index in [4.69, 9.17) is 0 Å². The molecule has 0 aromatic rings. The van der Waals surface area contributed by atoms with Gasteiger partial charge in [-0.25, -0.2) is 0 Å². The highest BCUT2D eigenvalue weighted by Gasteiger charge is 2.37. The summed E-state index contributed by atoms with van der Waals surface area (Å²) >= 11 is 0. The Morgan fingerprint density at radius 3 is 2.40 bits per heavy atom. The molecule has 0 aromatic heterocycles. The second-order valence-corrected chi connectivity index (χ2v) is 4.62. The Morgan fingerprint density at radius 2 is 2.00 bits per heavy atom. The van der Waals surface area contributed by atoms with Crippen LogP contribution < -0.4 is 5.32 Å². The van der Waals surface area contributed by atoms with Gasteiger partial charge < -0.3 is 5.11 Å². The molecule has 0 aromatic carbocycles. The molecule has 1 atom stereocenters. The Kier molecular flexibility index (Phi) is 4.58. The lowest BCUT2D eigenvalue weighted by molar-refractivity contribution is -0.146. The number of carbonyl (C=O) groups is 1. The minimum absolute atomic E-state index is 0.424. The van der Waals surface area contributed by atoms with Crippen LogP contribution in [0.5, 0.6) is 0 Å². The maximum atomic E-state index is 11.4. The molecule has 0 heterocycles. The van der Waals surface area contributed by atoms with Crippen LogP contribution in [0.1, 0.15) is 58.8 Å². The first-order valence-electron chi connectivity index (χ1n) is 6.15. The second kappa shape index (κ2) is 5.50. The highest BCUT2D eigenvalue weighted by Crippen LogP contribution is 2.25. The summed E-state index contributed by atoms with van der Waals surface area (Å²) in [6, 6.07) is 0.424. The van der Waals surface area contributed by atoms with E-state index in [1.807, 2.05) is 13.8 Å². The molecule has 1 fully saturated rings. The van der Waals surface area contributed by atoms with Crippen molar-refractivity contribution in [3.8, 4) is 0 Å². The SMILES string of the molecule is CCCC(CC)(NC1CCCC1)C(=O)O. The van der Waals surface area contributed by atoms with E-state index >= 15 is 0 Å². The molecule has 88 valence electrons. The lowest BCUT2D eigenvalue weighted by Crippen LogP contribution is -2.55. The molecule has 0 amide bonds. The van der Waals surface area contributed by atoms with Crippen molar-refractivity contribution < 1.29 is 9.90 Å². The molecule has 15 heavy (non-hydrogen) atoms. The van der Waals surface area contributed by atoms with Crippen molar-refractivity contribution in [2.45, 2.75) is 70.4 Å². The number of carboxylic acid groups (broad SMARTS) is 1. The maximum absolute atomic E-state index is 11.4. The zero-order valence-corrected chi connectivity index (χ0v) is 9.88. The van der Waals surface area contributed by atoms with Gasteiger partial charge in [0.25, 0.3) is 0 Å². The van der Waals surface area contributed by atoms with Gasteiger partial charge in [-0.3, -0.25) is 10.1 Å². The highest BCUT2D eigenvalue weighted by molar-refractivity contribution is 5.78. The van der Waals surface area contributed by atoms with Crippen LogP contribution in [0.25, 0.3) is 0 Å². The number of hydrogen-bond acceptors (Lipinski definition) is 2. The molecular formula is C12H23NO2. The van der Waals surface area contributed by atoms with E-state index in [1.165, 1.54) is 12.8 Å². The summed E-state index contributed by atoms with van der Waals surface area (Å²) in [6.07, 6.45) is 7.08. The largest absolute Gasteiger partial charge is 0.480 e. The van der Waals surface area contributed by atoms with Crippen LogP contribution in [0, 0.1) is 0 Å². The standard InChI is InChI=1S/C12H23NO2/c1-3-9-12(4-2,11(14)15)13-10-7-5-6-8-10/h10,13H,3-9H2,1-2H3,(H,14,15). The molecule has 1 aliphatic carbocycles.